The van der Waals surface area contributed by atoms with E-state index in [0.29, 0.717) is 13.0 Å². The number of β-amino-alcohol motifs (C(OH)–C–C–N with tert-alkyl or cyclic N) is 1. The zero-order valence-electron chi connectivity index (χ0n) is 9.52. The molecular formula is C13H17NO2. The molecule has 1 aromatic carbocycles. The van der Waals surface area contributed by atoms with Crippen LogP contribution in [0.25, 0.3) is 0 Å². The van der Waals surface area contributed by atoms with Gasteiger partial charge in [-0.2, -0.15) is 0 Å². The van der Waals surface area contributed by atoms with Crippen LogP contribution < -0.4 is 4.90 Å². The Hall–Kier alpha value is -1.35. The summed E-state index contributed by atoms with van der Waals surface area (Å²) >= 11 is 0. The highest BCUT2D eigenvalue weighted by molar-refractivity contribution is 6.01. The van der Waals surface area contributed by atoms with E-state index in [2.05, 4.69) is 0 Å². The zero-order valence-corrected chi connectivity index (χ0v) is 9.52. The normalized spacial score (nSPS) is 16.4. The van der Waals surface area contributed by atoms with Gasteiger partial charge in [-0.1, -0.05) is 31.5 Å². The number of aliphatic hydroxyl groups excluding tert-OH is 1. The minimum atomic E-state index is -0.417. The smallest absolute Gasteiger partial charge is 0.231 e. The highest BCUT2D eigenvalue weighted by Gasteiger charge is 2.27. The first-order valence-corrected chi connectivity index (χ1v) is 5.78. The molecule has 1 unspecified atom stereocenters. The topological polar surface area (TPSA) is 40.5 Å². The van der Waals surface area contributed by atoms with Crippen LogP contribution >= 0.6 is 0 Å². The molecule has 1 atom stereocenters. The van der Waals surface area contributed by atoms with Crippen LogP contribution in [0, 0.1) is 0 Å². The van der Waals surface area contributed by atoms with E-state index in [-0.39, 0.29) is 5.91 Å². The maximum absolute atomic E-state index is 11.8. The van der Waals surface area contributed by atoms with E-state index < -0.39 is 6.10 Å². The van der Waals surface area contributed by atoms with Crippen molar-refractivity contribution in [3.8, 4) is 0 Å². The minimum Gasteiger partial charge on any atom is -0.391 e. The quantitative estimate of drug-likeness (QED) is 0.838. The number of aliphatic hydroxyl groups is 1. The van der Waals surface area contributed by atoms with Crippen molar-refractivity contribution in [1.29, 1.82) is 0 Å². The van der Waals surface area contributed by atoms with Crippen LogP contribution in [-0.4, -0.2) is 23.7 Å². The van der Waals surface area contributed by atoms with Crippen LogP contribution in [0.4, 0.5) is 5.69 Å². The van der Waals surface area contributed by atoms with Crippen molar-refractivity contribution in [2.75, 3.05) is 11.4 Å². The number of amides is 1. The molecule has 1 aliphatic rings. The molecule has 0 fully saturated rings. The summed E-state index contributed by atoms with van der Waals surface area (Å²) in [5.41, 5.74) is 2.03. The molecular weight excluding hydrogens is 202 g/mol. The Labute approximate surface area is 95.7 Å². The first kappa shape index (κ1) is 11.1. The van der Waals surface area contributed by atoms with Gasteiger partial charge in [-0.05, 0) is 18.1 Å². The fraction of sp³-hybridized carbons (Fsp3) is 0.462. The number of para-hydroxylation sites is 1. The Morgan fingerprint density at radius 1 is 1.44 bits per heavy atom. The summed E-state index contributed by atoms with van der Waals surface area (Å²) in [7, 11) is 0. The molecule has 2 rings (SSSR count). The molecule has 3 nitrogen and oxygen atoms in total. The summed E-state index contributed by atoms with van der Waals surface area (Å²) in [5.74, 6) is 0.0938. The van der Waals surface area contributed by atoms with Crippen molar-refractivity contribution in [1.82, 2.24) is 0 Å². The molecule has 1 aromatic rings. The van der Waals surface area contributed by atoms with Gasteiger partial charge in [0.15, 0.2) is 0 Å². The van der Waals surface area contributed by atoms with E-state index >= 15 is 0 Å². The summed E-state index contributed by atoms with van der Waals surface area (Å²) in [6, 6.07) is 7.78. The Morgan fingerprint density at radius 3 is 2.94 bits per heavy atom. The number of carbonyl (C=O) groups excluding carboxylic acids is 1. The molecule has 0 spiro atoms. The lowest BCUT2D eigenvalue weighted by atomic mass is 10.1. The summed E-state index contributed by atoms with van der Waals surface area (Å²) in [6.07, 6.45) is 1.73. The van der Waals surface area contributed by atoms with E-state index in [1.54, 1.807) is 4.90 Å². The second-order valence-corrected chi connectivity index (χ2v) is 4.25. The fourth-order valence-corrected chi connectivity index (χ4v) is 2.15. The van der Waals surface area contributed by atoms with Gasteiger partial charge in [0.05, 0.1) is 19.1 Å². The highest BCUT2D eigenvalue weighted by atomic mass is 16.3. The number of carbonyl (C=O) groups is 1. The van der Waals surface area contributed by atoms with E-state index in [9.17, 15) is 9.90 Å². The Bertz CT molecular complexity index is 389. The molecule has 0 saturated heterocycles. The van der Waals surface area contributed by atoms with Gasteiger partial charge in [0.1, 0.15) is 0 Å². The predicted octanol–water partition coefficient (Wildman–Crippen LogP) is 1.74. The molecule has 86 valence electrons. The summed E-state index contributed by atoms with van der Waals surface area (Å²) in [4.78, 5) is 13.5. The second-order valence-electron chi connectivity index (χ2n) is 4.25. The van der Waals surface area contributed by atoms with Gasteiger partial charge in [0.25, 0.3) is 0 Å². The molecule has 16 heavy (non-hydrogen) atoms. The van der Waals surface area contributed by atoms with Crippen molar-refractivity contribution in [3.05, 3.63) is 29.8 Å². The van der Waals surface area contributed by atoms with Gasteiger partial charge in [0.2, 0.25) is 5.91 Å². The average Bonchev–Trinajstić information content (AvgIpc) is 2.56. The van der Waals surface area contributed by atoms with Crippen molar-refractivity contribution in [2.24, 2.45) is 0 Å². The van der Waals surface area contributed by atoms with E-state index in [4.69, 9.17) is 0 Å². The first-order chi connectivity index (χ1) is 7.72. The van der Waals surface area contributed by atoms with Crippen molar-refractivity contribution >= 4 is 11.6 Å². The van der Waals surface area contributed by atoms with Crippen LogP contribution in [0.2, 0.25) is 0 Å². The van der Waals surface area contributed by atoms with E-state index in [1.165, 1.54) is 0 Å². The van der Waals surface area contributed by atoms with Crippen LogP contribution in [0.1, 0.15) is 25.3 Å². The van der Waals surface area contributed by atoms with Crippen LogP contribution in [-0.2, 0) is 11.2 Å². The molecule has 0 aliphatic carbocycles. The number of rotatable bonds is 4. The van der Waals surface area contributed by atoms with Crippen LogP contribution in [0.5, 0.6) is 0 Å². The van der Waals surface area contributed by atoms with Gasteiger partial charge in [-0.25, -0.2) is 0 Å². The van der Waals surface area contributed by atoms with Crippen LogP contribution in [0.15, 0.2) is 24.3 Å². The maximum atomic E-state index is 11.8. The minimum absolute atomic E-state index is 0.0938. The molecule has 1 amide bonds. The SMILES string of the molecule is CCCC(O)CN1C(=O)Cc2ccccc21. The number of hydrogen-bond acceptors (Lipinski definition) is 2. The largest absolute Gasteiger partial charge is 0.391 e. The predicted molar refractivity (Wildman–Crippen MR) is 63.4 cm³/mol. The van der Waals surface area contributed by atoms with Crippen LogP contribution in [0.3, 0.4) is 0 Å². The lowest BCUT2D eigenvalue weighted by Gasteiger charge is -2.20. The number of anilines is 1. The third-order valence-corrected chi connectivity index (χ3v) is 2.94. The zero-order chi connectivity index (χ0) is 11.5. The Balaban J connectivity index is 2.13. The summed E-state index contributed by atoms with van der Waals surface area (Å²) in [6.45, 7) is 2.45. The highest BCUT2D eigenvalue weighted by Crippen LogP contribution is 2.28. The van der Waals surface area contributed by atoms with Crippen molar-refractivity contribution in [3.63, 3.8) is 0 Å². The number of benzene rings is 1. The van der Waals surface area contributed by atoms with Gasteiger partial charge in [-0.3, -0.25) is 4.79 Å². The van der Waals surface area contributed by atoms with Crippen molar-refractivity contribution < 1.29 is 9.90 Å². The van der Waals surface area contributed by atoms with E-state index in [1.807, 2.05) is 31.2 Å². The lowest BCUT2D eigenvalue weighted by Crippen LogP contribution is -2.34. The van der Waals surface area contributed by atoms with E-state index in [0.717, 1.165) is 24.1 Å². The Morgan fingerprint density at radius 2 is 2.19 bits per heavy atom. The Kier molecular flexibility index (Phi) is 3.25. The van der Waals surface area contributed by atoms with Gasteiger partial charge in [-0.15, -0.1) is 0 Å². The van der Waals surface area contributed by atoms with Crippen molar-refractivity contribution in [2.45, 2.75) is 32.3 Å². The third-order valence-electron chi connectivity index (χ3n) is 2.94. The number of fused-ring (bicyclic) bond motifs is 1. The second kappa shape index (κ2) is 4.66. The van der Waals surface area contributed by atoms with Gasteiger partial charge < -0.3 is 10.0 Å². The van der Waals surface area contributed by atoms with Gasteiger partial charge in [0, 0.05) is 5.69 Å². The first-order valence-electron chi connectivity index (χ1n) is 5.78. The molecule has 1 aliphatic heterocycles. The maximum Gasteiger partial charge on any atom is 0.231 e. The molecule has 1 heterocycles. The monoisotopic (exact) mass is 219 g/mol. The molecule has 0 aromatic heterocycles. The van der Waals surface area contributed by atoms with Gasteiger partial charge >= 0.3 is 0 Å². The molecule has 0 radical (unpaired) electrons. The molecule has 3 heteroatoms. The molecule has 1 N–H and O–H groups in total. The summed E-state index contributed by atoms with van der Waals surface area (Å²) in [5, 5.41) is 9.76. The average molecular weight is 219 g/mol. The third kappa shape index (κ3) is 2.09. The molecule has 0 saturated carbocycles. The fourth-order valence-electron chi connectivity index (χ4n) is 2.15. The number of hydrogen-bond donors (Lipinski definition) is 1. The standard InChI is InChI=1S/C13H17NO2/c1-2-5-11(15)9-14-12-7-4-3-6-10(12)8-13(14)16/h3-4,6-7,11,15H,2,5,8-9H2,1H3. The lowest BCUT2D eigenvalue weighted by molar-refractivity contribution is -0.117. The summed E-state index contributed by atoms with van der Waals surface area (Å²) < 4.78 is 0. The number of nitrogens with zero attached hydrogens (tertiary/aromatic N) is 1. The molecule has 0 bridgehead atoms.